The number of carbonyl (C=O) groups excluding carboxylic acids is 3. The maximum Gasteiger partial charge on any atom is 0.259 e. The first-order valence-electron chi connectivity index (χ1n) is 11.1. The first-order chi connectivity index (χ1) is 15.4. The van der Waals surface area contributed by atoms with Crippen molar-refractivity contribution >= 4 is 35.0 Å². The first kappa shape index (κ1) is 19.7. The molecule has 3 fully saturated rings. The minimum atomic E-state index is -0.275. The molecule has 7 rings (SSSR count). The molecule has 2 saturated carbocycles. The lowest BCUT2D eigenvalue weighted by atomic mass is 9.63. The second-order valence-corrected chi connectivity index (χ2v) is 9.91. The number of imide groups is 1. The van der Waals surface area contributed by atoms with Crippen LogP contribution in [0.1, 0.15) is 22.3 Å². The quantitative estimate of drug-likeness (QED) is 0.519. The molecule has 0 N–H and O–H groups in total. The van der Waals surface area contributed by atoms with E-state index >= 15 is 0 Å². The molecule has 32 heavy (non-hydrogen) atoms. The Morgan fingerprint density at radius 3 is 2.06 bits per heavy atom. The van der Waals surface area contributed by atoms with Gasteiger partial charge in [-0.15, -0.1) is 0 Å². The first-order valence-corrected chi connectivity index (χ1v) is 11.5. The summed E-state index contributed by atoms with van der Waals surface area (Å²) in [5.41, 5.74) is 2.15. The van der Waals surface area contributed by atoms with Crippen molar-refractivity contribution in [2.45, 2.75) is 13.3 Å². The van der Waals surface area contributed by atoms with Gasteiger partial charge in [-0.2, -0.15) is 0 Å². The number of hydrogen-bond acceptors (Lipinski definition) is 3. The van der Waals surface area contributed by atoms with E-state index in [0.29, 0.717) is 28.1 Å². The fourth-order valence-corrected chi connectivity index (χ4v) is 6.16. The Kier molecular flexibility index (Phi) is 4.34. The Balaban J connectivity index is 1.33. The van der Waals surface area contributed by atoms with E-state index in [1.165, 1.54) is 9.80 Å². The van der Waals surface area contributed by atoms with Gasteiger partial charge in [0.1, 0.15) is 6.67 Å². The summed E-state index contributed by atoms with van der Waals surface area (Å²) in [4.78, 5) is 43.2. The molecule has 1 aliphatic heterocycles. The van der Waals surface area contributed by atoms with Crippen LogP contribution in [0.4, 0.5) is 5.69 Å². The molecule has 6 atom stereocenters. The molecule has 6 unspecified atom stereocenters. The van der Waals surface area contributed by atoms with Crippen LogP contribution in [-0.4, -0.2) is 29.3 Å². The number of nitrogens with zero attached hydrogens (tertiary/aromatic N) is 2. The van der Waals surface area contributed by atoms with Gasteiger partial charge in [-0.25, -0.2) is 0 Å². The summed E-state index contributed by atoms with van der Waals surface area (Å²) < 4.78 is 0. The lowest BCUT2D eigenvalue weighted by Gasteiger charge is -2.37. The monoisotopic (exact) mass is 446 g/mol. The van der Waals surface area contributed by atoms with Crippen molar-refractivity contribution in [2.75, 3.05) is 11.6 Å². The second kappa shape index (κ2) is 7.04. The molecule has 1 saturated heterocycles. The average Bonchev–Trinajstić information content (AvgIpc) is 3.58. The number of rotatable bonds is 4. The third-order valence-electron chi connectivity index (χ3n) is 7.72. The van der Waals surface area contributed by atoms with Crippen LogP contribution in [0, 0.1) is 42.4 Å². The number of allylic oxidation sites excluding steroid dienone is 2. The van der Waals surface area contributed by atoms with E-state index < -0.39 is 0 Å². The van der Waals surface area contributed by atoms with Crippen LogP contribution >= 0.6 is 11.6 Å². The van der Waals surface area contributed by atoms with Crippen molar-refractivity contribution in [2.24, 2.45) is 35.5 Å². The van der Waals surface area contributed by atoms with E-state index in [0.717, 1.165) is 12.0 Å². The summed E-state index contributed by atoms with van der Waals surface area (Å²) in [7, 11) is 0. The average molecular weight is 447 g/mol. The van der Waals surface area contributed by atoms with E-state index in [1.807, 2.05) is 19.1 Å². The summed E-state index contributed by atoms with van der Waals surface area (Å²) in [5, 5.41) is 0.553. The molecular formula is C26H23ClN2O3. The summed E-state index contributed by atoms with van der Waals surface area (Å²) in [6.45, 7) is 1.87. The highest BCUT2D eigenvalue weighted by molar-refractivity contribution is 6.30. The minimum absolute atomic E-state index is 0.0895. The van der Waals surface area contributed by atoms with Crippen LogP contribution in [0.2, 0.25) is 5.02 Å². The van der Waals surface area contributed by atoms with Gasteiger partial charge in [0, 0.05) is 16.3 Å². The van der Waals surface area contributed by atoms with Gasteiger partial charge in [-0.1, -0.05) is 41.4 Å². The molecule has 5 aliphatic rings. The fraction of sp³-hybridized carbons (Fsp3) is 0.346. The fourth-order valence-electron chi connectivity index (χ4n) is 6.04. The van der Waals surface area contributed by atoms with Crippen molar-refractivity contribution in [1.29, 1.82) is 0 Å². The number of aryl methyl sites for hydroxylation is 1. The second-order valence-electron chi connectivity index (χ2n) is 9.48. The molecule has 2 aromatic rings. The smallest absolute Gasteiger partial charge is 0.259 e. The molecular weight excluding hydrogens is 424 g/mol. The predicted octanol–water partition coefficient (Wildman–Crippen LogP) is 4.31. The van der Waals surface area contributed by atoms with Crippen LogP contribution in [0.5, 0.6) is 0 Å². The van der Waals surface area contributed by atoms with E-state index in [-0.39, 0.29) is 48.1 Å². The maximum atomic E-state index is 13.5. The Hall–Kier alpha value is -2.92. The van der Waals surface area contributed by atoms with Crippen molar-refractivity contribution in [1.82, 2.24) is 4.90 Å². The Labute approximate surface area is 191 Å². The van der Waals surface area contributed by atoms with Crippen LogP contribution < -0.4 is 4.90 Å². The van der Waals surface area contributed by atoms with Gasteiger partial charge >= 0.3 is 0 Å². The largest absolute Gasteiger partial charge is 0.290 e. The van der Waals surface area contributed by atoms with Crippen LogP contribution in [0.25, 0.3) is 0 Å². The number of halogens is 1. The topological polar surface area (TPSA) is 57.7 Å². The molecule has 162 valence electrons. The van der Waals surface area contributed by atoms with Gasteiger partial charge in [0.15, 0.2) is 0 Å². The van der Waals surface area contributed by atoms with Crippen molar-refractivity contribution in [3.05, 3.63) is 76.8 Å². The molecule has 2 bridgehead atoms. The zero-order valence-corrected chi connectivity index (χ0v) is 18.4. The summed E-state index contributed by atoms with van der Waals surface area (Å²) >= 11 is 6.06. The van der Waals surface area contributed by atoms with E-state index in [1.54, 1.807) is 36.4 Å². The number of carbonyl (C=O) groups is 3. The van der Waals surface area contributed by atoms with Crippen LogP contribution in [-0.2, 0) is 9.59 Å². The molecule has 2 aromatic carbocycles. The third kappa shape index (κ3) is 2.87. The van der Waals surface area contributed by atoms with Crippen LogP contribution in [0.15, 0.2) is 60.7 Å². The summed E-state index contributed by atoms with van der Waals surface area (Å²) in [6, 6.07) is 14.2. The lowest BCUT2D eigenvalue weighted by Crippen LogP contribution is -2.45. The highest BCUT2D eigenvalue weighted by atomic mass is 35.5. The number of benzene rings is 2. The van der Waals surface area contributed by atoms with Gasteiger partial charge in [-0.3, -0.25) is 24.2 Å². The molecule has 6 heteroatoms. The molecule has 4 aliphatic carbocycles. The van der Waals surface area contributed by atoms with Gasteiger partial charge in [-0.05, 0) is 73.4 Å². The van der Waals surface area contributed by atoms with E-state index in [9.17, 15) is 14.4 Å². The Bertz CT molecular complexity index is 1120. The summed E-state index contributed by atoms with van der Waals surface area (Å²) in [6.07, 6.45) is 5.44. The van der Waals surface area contributed by atoms with Gasteiger partial charge in [0.25, 0.3) is 5.91 Å². The lowest BCUT2D eigenvalue weighted by molar-refractivity contribution is -0.140. The Morgan fingerprint density at radius 2 is 1.50 bits per heavy atom. The highest BCUT2D eigenvalue weighted by Crippen LogP contribution is 2.65. The number of anilines is 1. The standard InChI is InChI=1S/C26H23ClN2O3/c1-14-2-4-15(5-3-14)24(30)28(17-8-6-16(27)7-9-17)13-29-25(31)22-18-10-11-19(21-12-20(18)21)23(22)26(29)32/h2-11,18-23H,12-13H2,1H3. The highest BCUT2D eigenvalue weighted by Gasteiger charge is 2.67. The van der Waals surface area contributed by atoms with E-state index in [4.69, 9.17) is 11.6 Å². The SMILES string of the molecule is Cc1ccc(C(=O)N(CN2C(=O)C3C4C=CC(C5CC45)C3C2=O)c2ccc(Cl)cc2)cc1. The number of likely N-dealkylation sites (tertiary alicyclic amines) is 1. The van der Waals surface area contributed by atoms with E-state index in [2.05, 4.69) is 12.2 Å². The van der Waals surface area contributed by atoms with Gasteiger partial charge < -0.3 is 0 Å². The minimum Gasteiger partial charge on any atom is -0.290 e. The molecule has 3 amide bonds. The Morgan fingerprint density at radius 1 is 0.938 bits per heavy atom. The van der Waals surface area contributed by atoms with Gasteiger partial charge in [0.05, 0.1) is 11.8 Å². The molecule has 0 spiro atoms. The van der Waals surface area contributed by atoms with Crippen molar-refractivity contribution < 1.29 is 14.4 Å². The maximum absolute atomic E-state index is 13.5. The van der Waals surface area contributed by atoms with Crippen molar-refractivity contribution in [3.8, 4) is 0 Å². The predicted molar refractivity (Wildman–Crippen MR) is 121 cm³/mol. The summed E-state index contributed by atoms with van der Waals surface area (Å²) in [5.74, 6) is 0.327. The normalized spacial score (nSPS) is 31.5. The molecule has 0 radical (unpaired) electrons. The zero-order chi connectivity index (χ0) is 22.1. The molecule has 0 aromatic heterocycles. The number of hydrogen-bond donors (Lipinski definition) is 0. The van der Waals surface area contributed by atoms with Gasteiger partial charge in [0.2, 0.25) is 11.8 Å². The number of amides is 3. The van der Waals surface area contributed by atoms with Crippen molar-refractivity contribution in [3.63, 3.8) is 0 Å². The van der Waals surface area contributed by atoms with Crippen LogP contribution in [0.3, 0.4) is 0 Å². The zero-order valence-electron chi connectivity index (χ0n) is 17.6. The molecule has 1 heterocycles. The third-order valence-corrected chi connectivity index (χ3v) is 7.97. The molecule has 5 nitrogen and oxygen atoms in total.